The Bertz CT molecular complexity index is 2410. The van der Waals surface area contributed by atoms with Crippen molar-refractivity contribution in [3.05, 3.63) is 152 Å². The predicted molar refractivity (Wildman–Crippen MR) is 219 cm³/mol. The third kappa shape index (κ3) is 8.39. The number of furan rings is 1. The van der Waals surface area contributed by atoms with Crippen LogP contribution in [0.15, 0.2) is 151 Å². The third-order valence-electron chi connectivity index (χ3n) is 9.28. The first-order valence-corrected chi connectivity index (χ1v) is 18.2. The molecule has 0 saturated carbocycles. The zero-order chi connectivity index (χ0) is 38.1. The Kier molecular flexibility index (Phi) is 11.2. The lowest BCUT2D eigenvalue weighted by Crippen LogP contribution is -2.11. The van der Waals surface area contributed by atoms with Gasteiger partial charge in [-0.1, -0.05) is 55.6 Å². The van der Waals surface area contributed by atoms with Crippen LogP contribution in [0.2, 0.25) is 0 Å². The number of fused-ring (bicyclic) bond motifs is 5. The monoisotopic (exact) mass is 731 g/mol. The van der Waals surface area contributed by atoms with Gasteiger partial charge in [0, 0.05) is 52.8 Å². The van der Waals surface area contributed by atoms with Crippen molar-refractivity contribution in [3.63, 3.8) is 0 Å². The molecule has 7 rings (SSSR count). The molecule has 0 fully saturated rings. The summed E-state index contributed by atoms with van der Waals surface area (Å²) in [6.07, 6.45) is 3.42. The molecule has 0 amide bonds. The molecule has 0 unspecified atom stereocenters. The van der Waals surface area contributed by atoms with Crippen LogP contribution in [0.3, 0.4) is 0 Å². The Hall–Kier alpha value is -6.80. The molecule has 0 saturated heterocycles. The lowest BCUT2D eigenvalue weighted by Gasteiger charge is -2.27. The quantitative estimate of drug-likeness (QED) is 0.0551. The molecule has 1 heterocycles. The van der Waals surface area contributed by atoms with Crippen LogP contribution >= 0.6 is 0 Å². The number of benzene rings is 6. The van der Waals surface area contributed by atoms with Crippen molar-refractivity contribution in [2.24, 2.45) is 0 Å². The Morgan fingerprint density at radius 1 is 0.618 bits per heavy atom. The van der Waals surface area contributed by atoms with E-state index in [1.165, 1.54) is 10.8 Å². The summed E-state index contributed by atoms with van der Waals surface area (Å²) in [5, 5.41) is 4.54. The van der Waals surface area contributed by atoms with Gasteiger partial charge in [-0.25, -0.2) is 9.59 Å². The zero-order valence-electron chi connectivity index (χ0n) is 30.7. The van der Waals surface area contributed by atoms with Crippen LogP contribution in [0.5, 0.6) is 11.5 Å². The van der Waals surface area contributed by atoms with Gasteiger partial charge in [-0.3, -0.25) is 0 Å². The van der Waals surface area contributed by atoms with Gasteiger partial charge in [0.05, 0.1) is 26.4 Å². The van der Waals surface area contributed by atoms with E-state index in [9.17, 15) is 9.59 Å². The van der Waals surface area contributed by atoms with Crippen LogP contribution in [0.4, 0.5) is 17.1 Å². The van der Waals surface area contributed by atoms with Gasteiger partial charge < -0.3 is 28.3 Å². The number of aryl methyl sites for hydroxylation is 1. The molecule has 0 bridgehead atoms. The van der Waals surface area contributed by atoms with Crippen LogP contribution in [-0.4, -0.2) is 38.4 Å². The van der Waals surface area contributed by atoms with E-state index in [-0.39, 0.29) is 13.2 Å². The number of carbonyl (C=O) groups excluding carboxylic acids is 2. The first-order chi connectivity index (χ1) is 26.9. The number of hydrogen-bond acceptors (Lipinski definition) is 8. The van der Waals surface area contributed by atoms with Crippen molar-refractivity contribution in [1.82, 2.24) is 0 Å². The Morgan fingerprint density at radius 2 is 1.20 bits per heavy atom. The maximum absolute atomic E-state index is 11.3. The smallest absolute Gasteiger partial charge is 0.330 e. The lowest BCUT2D eigenvalue weighted by atomic mass is 9.96. The molecule has 7 aromatic rings. The molecule has 6 aromatic carbocycles. The van der Waals surface area contributed by atoms with Gasteiger partial charge in [0.15, 0.2) is 0 Å². The molecule has 0 aliphatic rings. The molecule has 0 N–H and O–H groups in total. The highest BCUT2D eigenvalue weighted by Gasteiger charge is 2.17. The molecule has 0 radical (unpaired) electrons. The second-order valence-electron chi connectivity index (χ2n) is 12.9. The molecule has 0 atom stereocenters. The maximum Gasteiger partial charge on any atom is 0.330 e. The van der Waals surface area contributed by atoms with Crippen molar-refractivity contribution in [2.45, 2.75) is 19.8 Å². The van der Waals surface area contributed by atoms with Crippen LogP contribution < -0.4 is 14.4 Å². The standard InChI is InChI=1S/C47H41NO7/c1-4-45(49)53-28-8-26-51-38-20-16-35(17-21-38)48(36-18-22-39(23-19-36)52-27-9-29-54-46(50)5-2)37-15-12-32(3)41(31-37)34-14-24-43-42(30-34)47-40-11-7-6-10-33(40)13-25-44(47)55-43/h4-7,10-25,30-31H,1-2,8-9,26-29H2,3H3. The van der Waals surface area contributed by atoms with Gasteiger partial charge >= 0.3 is 11.9 Å². The highest BCUT2D eigenvalue weighted by atomic mass is 16.5. The van der Waals surface area contributed by atoms with Gasteiger partial charge in [-0.15, -0.1) is 0 Å². The first kappa shape index (κ1) is 36.6. The fourth-order valence-electron chi connectivity index (χ4n) is 6.57. The Balaban J connectivity index is 1.19. The number of nitrogens with zero attached hydrogens (tertiary/aromatic N) is 1. The molecule has 0 aliphatic carbocycles. The highest BCUT2D eigenvalue weighted by molar-refractivity contribution is 6.19. The SMILES string of the molecule is C=CC(=O)OCCCOc1ccc(N(c2ccc(OCCCOC(=O)C=C)cc2)c2ccc(C)c(-c3ccc4oc5ccc6ccccc6c5c4c3)c2)cc1. The van der Waals surface area contributed by atoms with Gasteiger partial charge in [0.1, 0.15) is 22.7 Å². The van der Waals surface area contributed by atoms with Crippen molar-refractivity contribution in [1.29, 1.82) is 0 Å². The van der Waals surface area contributed by atoms with Crippen LogP contribution in [0.25, 0.3) is 43.8 Å². The van der Waals surface area contributed by atoms with Crippen molar-refractivity contribution in [2.75, 3.05) is 31.3 Å². The molecule has 0 aliphatic heterocycles. The molecule has 8 heteroatoms. The second-order valence-corrected chi connectivity index (χ2v) is 12.9. The average Bonchev–Trinajstić information content (AvgIpc) is 3.60. The van der Waals surface area contributed by atoms with Crippen LogP contribution in [0.1, 0.15) is 18.4 Å². The topological polar surface area (TPSA) is 87.4 Å². The number of hydrogen-bond donors (Lipinski definition) is 0. The van der Waals surface area contributed by atoms with Crippen molar-refractivity contribution < 1.29 is 33.0 Å². The fourth-order valence-corrected chi connectivity index (χ4v) is 6.57. The van der Waals surface area contributed by atoms with E-state index in [4.69, 9.17) is 23.4 Å². The minimum atomic E-state index is -0.445. The van der Waals surface area contributed by atoms with Gasteiger partial charge in [-0.2, -0.15) is 0 Å². The summed E-state index contributed by atoms with van der Waals surface area (Å²) in [4.78, 5) is 24.9. The fraction of sp³-hybridized carbons (Fsp3) is 0.149. The van der Waals surface area contributed by atoms with E-state index >= 15 is 0 Å². The summed E-state index contributed by atoms with van der Waals surface area (Å²) >= 11 is 0. The highest BCUT2D eigenvalue weighted by Crippen LogP contribution is 2.41. The Morgan fingerprint density at radius 3 is 1.82 bits per heavy atom. The minimum Gasteiger partial charge on any atom is -0.493 e. The van der Waals surface area contributed by atoms with Crippen molar-refractivity contribution in [3.8, 4) is 22.6 Å². The van der Waals surface area contributed by atoms with Gasteiger partial charge in [-0.05, 0) is 113 Å². The summed E-state index contributed by atoms with van der Waals surface area (Å²) in [7, 11) is 0. The molecule has 55 heavy (non-hydrogen) atoms. The van der Waals surface area contributed by atoms with E-state index in [2.05, 4.69) is 97.8 Å². The van der Waals surface area contributed by atoms with E-state index in [1.54, 1.807) is 0 Å². The summed E-state index contributed by atoms with van der Waals surface area (Å²) in [5.41, 5.74) is 7.90. The van der Waals surface area contributed by atoms with Gasteiger partial charge in [0.2, 0.25) is 0 Å². The van der Waals surface area contributed by atoms with Crippen molar-refractivity contribution >= 4 is 61.7 Å². The second kappa shape index (κ2) is 16.9. The number of anilines is 3. The number of ether oxygens (including phenoxy) is 4. The first-order valence-electron chi connectivity index (χ1n) is 18.2. The predicted octanol–water partition coefficient (Wildman–Crippen LogP) is 11.2. The Labute approximate surface area is 319 Å². The number of carbonyl (C=O) groups is 2. The average molecular weight is 732 g/mol. The maximum atomic E-state index is 11.3. The molecule has 0 spiro atoms. The van der Waals surface area contributed by atoms with Gasteiger partial charge in [0.25, 0.3) is 0 Å². The molecule has 8 nitrogen and oxygen atoms in total. The number of esters is 2. The normalized spacial score (nSPS) is 11.0. The molecule has 276 valence electrons. The van der Waals surface area contributed by atoms with E-state index in [1.807, 2.05) is 48.5 Å². The van der Waals surface area contributed by atoms with E-state index < -0.39 is 11.9 Å². The lowest BCUT2D eigenvalue weighted by molar-refractivity contribution is -0.138. The molecular formula is C47H41NO7. The van der Waals surface area contributed by atoms with E-state index in [0.29, 0.717) is 37.6 Å². The summed E-state index contributed by atoms with van der Waals surface area (Å²) in [5.74, 6) is 0.524. The largest absolute Gasteiger partial charge is 0.493 e. The van der Waals surface area contributed by atoms with E-state index in [0.717, 1.165) is 67.8 Å². The zero-order valence-corrected chi connectivity index (χ0v) is 30.7. The summed E-state index contributed by atoms with van der Waals surface area (Å²) < 4.78 is 28.3. The number of rotatable bonds is 16. The van der Waals surface area contributed by atoms with Crippen LogP contribution in [0, 0.1) is 6.92 Å². The molecule has 1 aromatic heterocycles. The minimum absolute atomic E-state index is 0.259. The molecular weight excluding hydrogens is 691 g/mol. The summed E-state index contributed by atoms with van der Waals surface area (Å²) in [6.45, 7) is 10.3. The summed E-state index contributed by atoms with van der Waals surface area (Å²) in [6, 6.07) is 41.3. The van der Waals surface area contributed by atoms with Crippen LogP contribution in [-0.2, 0) is 19.1 Å². The third-order valence-corrected chi connectivity index (χ3v) is 9.28.